The number of nitrogens with one attached hydrogen (secondary N) is 1. The van der Waals surface area contributed by atoms with Crippen molar-refractivity contribution >= 4 is 23.3 Å². The predicted molar refractivity (Wildman–Crippen MR) is 161 cm³/mol. The van der Waals surface area contributed by atoms with Gasteiger partial charge in [-0.15, -0.1) is 0 Å². The Morgan fingerprint density at radius 2 is 1.61 bits per heavy atom. The average molecular weight is 553 g/mol. The van der Waals surface area contributed by atoms with E-state index in [9.17, 15) is 9.59 Å². The Kier molecular flexibility index (Phi) is 7.75. The molecule has 0 fully saturated rings. The van der Waals surface area contributed by atoms with Crippen molar-refractivity contribution in [3.8, 4) is 17.2 Å². The molecule has 1 aromatic heterocycles. The molecule has 4 aromatic rings. The normalized spacial score (nSPS) is 13.8. The maximum atomic E-state index is 14.5. The quantitative estimate of drug-likeness (QED) is 0.284. The fourth-order valence-corrected chi connectivity index (χ4v) is 5.51. The molecule has 0 aliphatic carbocycles. The van der Waals surface area contributed by atoms with Crippen LogP contribution in [-0.4, -0.2) is 48.2 Å². The number of carbonyl (C=O) groups excluding carboxylic acids is 2. The number of aryl methyl sites for hydroxylation is 2. The zero-order chi connectivity index (χ0) is 29.3. The number of urea groups is 1. The topological polar surface area (TPSA) is 76.0 Å². The number of rotatable bonds is 7. The van der Waals surface area contributed by atoms with Gasteiger partial charge in [0, 0.05) is 23.5 Å². The number of ether oxygens (including phenoxy) is 2. The van der Waals surface area contributed by atoms with Crippen molar-refractivity contribution < 1.29 is 19.1 Å². The Morgan fingerprint density at radius 3 is 2.27 bits per heavy atom. The van der Waals surface area contributed by atoms with Gasteiger partial charge in [-0.05, 0) is 81.3 Å². The number of carbonyl (C=O) groups is 2. The van der Waals surface area contributed by atoms with Gasteiger partial charge in [-0.3, -0.25) is 9.69 Å². The van der Waals surface area contributed by atoms with E-state index in [1.54, 1.807) is 24.0 Å². The van der Waals surface area contributed by atoms with E-state index in [0.717, 1.165) is 39.4 Å². The van der Waals surface area contributed by atoms with Gasteiger partial charge in [-0.25, -0.2) is 4.79 Å². The second-order valence-corrected chi connectivity index (χ2v) is 10.5. The van der Waals surface area contributed by atoms with Crippen LogP contribution in [0.3, 0.4) is 0 Å². The molecule has 0 saturated heterocycles. The van der Waals surface area contributed by atoms with Crippen LogP contribution in [0.2, 0.25) is 0 Å². The minimum absolute atomic E-state index is 0.119. The zero-order valence-corrected chi connectivity index (χ0v) is 24.3. The molecular formula is C33H36N4O4. The molecule has 1 aliphatic heterocycles. The van der Waals surface area contributed by atoms with Gasteiger partial charge in [0.2, 0.25) is 5.91 Å². The summed E-state index contributed by atoms with van der Waals surface area (Å²) in [6.07, 6.45) is 1.99. The van der Waals surface area contributed by atoms with Crippen molar-refractivity contribution in [2.75, 3.05) is 31.0 Å². The summed E-state index contributed by atoms with van der Waals surface area (Å²) >= 11 is 0. The van der Waals surface area contributed by atoms with Crippen LogP contribution in [0.4, 0.5) is 16.2 Å². The predicted octanol–water partition coefficient (Wildman–Crippen LogP) is 6.49. The van der Waals surface area contributed by atoms with Crippen LogP contribution in [0.15, 0.2) is 79.0 Å². The fourth-order valence-electron chi connectivity index (χ4n) is 5.51. The largest absolute Gasteiger partial charge is 0.497 e. The van der Waals surface area contributed by atoms with Gasteiger partial charge < -0.3 is 24.3 Å². The summed E-state index contributed by atoms with van der Waals surface area (Å²) < 4.78 is 13.4. The van der Waals surface area contributed by atoms with Gasteiger partial charge in [-0.1, -0.05) is 30.3 Å². The number of hydrogen-bond acceptors (Lipinski definition) is 4. The molecule has 8 nitrogen and oxygen atoms in total. The molecule has 1 aliphatic rings. The van der Waals surface area contributed by atoms with Gasteiger partial charge in [0.15, 0.2) is 0 Å². The summed E-state index contributed by atoms with van der Waals surface area (Å²) in [5.74, 6) is 1.07. The van der Waals surface area contributed by atoms with Crippen molar-refractivity contribution in [2.45, 2.75) is 39.8 Å². The summed E-state index contributed by atoms with van der Waals surface area (Å²) in [5.41, 5.74) is 6.00. The Bertz CT molecular complexity index is 1570. The number of methoxy groups -OCH3 is 2. The Balaban J connectivity index is 1.58. The second kappa shape index (κ2) is 11.4. The number of fused-ring (bicyclic) bond motifs is 3. The van der Waals surface area contributed by atoms with E-state index in [1.165, 1.54) is 0 Å². The van der Waals surface area contributed by atoms with E-state index in [0.29, 0.717) is 11.5 Å². The van der Waals surface area contributed by atoms with Crippen LogP contribution < -0.4 is 19.7 Å². The molecule has 2 heterocycles. The van der Waals surface area contributed by atoms with Crippen molar-refractivity contribution in [3.05, 3.63) is 101 Å². The lowest BCUT2D eigenvalue weighted by atomic mass is 9.96. The van der Waals surface area contributed by atoms with Crippen molar-refractivity contribution in [3.63, 3.8) is 0 Å². The van der Waals surface area contributed by atoms with Crippen LogP contribution in [-0.2, 0) is 4.79 Å². The van der Waals surface area contributed by atoms with Crippen molar-refractivity contribution in [1.29, 1.82) is 0 Å². The lowest BCUT2D eigenvalue weighted by Crippen LogP contribution is -2.49. The number of aromatic nitrogens is 1. The third-order valence-corrected chi connectivity index (χ3v) is 7.62. The highest BCUT2D eigenvalue weighted by Gasteiger charge is 2.39. The molecule has 3 aromatic carbocycles. The molecule has 0 spiro atoms. The van der Waals surface area contributed by atoms with E-state index in [4.69, 9.17) is 9.47 Å². The maximum absolute atomic E-state index is 14.5. The van der Waals surface area contributed by atoms with E-state index in [1.807, 2.05) is 107 Å². The molecule has 1 unspecified atom stereocenters. The van der Waals surface area contributed by atoms with Gasteiger partial charge in [-0.2, -0.15) is 0 Å². The first-order valence-electron chi connectivity index (χ1n) is 13.7. The second-order valence-electron chi connectivity index (χ2n) is 10.5. The van der Waals surface area contributed by atoms with Crippen LogP contribution >= 0.6 is 0 Å². The number of benzene rings is 3. The van der Waals surface area contributed by atoms with Crippen LogP contribution in [0.5, 0.6) is 11.5 Å². The fraction of sp³-hybridized carbons (Fsp3) is 0.273. The molecule has 3 amide bonds. The monoisotopic (exact) mass is 552 g/mol. The lowest BCUT2D eigenvalue weighted by Gasteiger charge is -2.40. The molecule has 1 atom stereocenters. The minimum atomic E-state index is -0.520. The molecule has 0 radical (unpaired) electrons. The summed E-state index contributed by atoms with van der Waals surface area (Å²) in [6.45, 7) is 7.62. The Labute approximate surface area is 241 Å². The minimum Gasteiger partial charge on any atom is -0.497 e. The molecule has 212 valence electrons. The molecule has 0 bridgehead atoms. The molecule has 8 heteroatoms. The molecule has 1 N–H and O–H groups in total. The lowest BCUT2D eigenvalue weighted by molar-refractivity contribution is -0.119. The third kappa shape index (κ3) is 5.13. The molecule has 41 heavy (non-hydrogen) atoms. The van der Waals surface area contributed by atoms with Crippen LogP contribution in [0.25, 0.3) is 5.69 Å². The van der Waals surface area contributed by atoms with Crippen molar-refractivity contribution in [1.82, 2.24) is 9.47 Å². The molecule has 0 saturated carbocycles. The van der Waals surface area contributed by atoms with Gasteiger partial charge in [0.25, 0.3) is 0 Å². The van der Waals surface area contributed by atoms with Crippen LogP contribution in [0.1, 0.15) is 42.3 Å². The van der Waals surface area contributed by atoms with Crippen LogP contribution in [0, 0.1) is 13.8 Å². The van der Waals surface area contributed by atoms with Crippen molar-refractivity contribution in [2.24, 2.45) is 0 Å². The first-order valence-corrected chi connectivity index (χ1v) is 13.7. The number of nitrogens with zero attached hydrogens (tertiary/aromatic N) is 3. The average Bonchev–Trinajstić information content (AvgIpc) is 3.46. The number of amides is 3. The SMILES string of the molecule is COc1ccc(OC)c(C2c3cccn3-c3ccccc3N2C(=O)CN(C(=O)Nc2c(C)cccc2C)C(C)C)c1. The number of para-hydroxylation sites is 3. The molecular weight excluding hydrogens is 516 g/mol. The highest BCUT2D eigenvalue weighted by molar-refractivity contribution is 6.02. The number of hydrogen-bond donors (Lipinski definition) is 1. The standard InChI is InChI=1S/C33H36N4O4/c1-21(2)36(33(39)34-31-22(3)11-9-12-23(31)4)20-30(38)37-27-14-8-7-13-26(27)35-18-10-15-28(35)32(37)25-19-24(40-5)16-17-29(25)41-6/h7-19,21,32H,20H2,1-6H3,(H,34,39). The number of anilines is 2. The summed E-state index contributed by atoms with van der Waals surface area (Å²) in [4.78, 5) is 31.4. The third-order valence-electron chi connectivity index (χ3n) is 7.62. The Morgan fingerprint density at radius 1 is 0.902 bits per heavy atom. The van der Waals surface area contributed by atoms with E-state index in [2.05, 4.69) is 9.88 Å². The summed E-state index contributed by atoms with van der Waals surface area (Å²) in [7, 11) is 3.23. The Hall–Kier alpha value is -4.72. The zero-order valence-electron chi connectivity index (χ0n) is 24.3. The van der Waals surface area contributed by atoms with Gasteiger partial charge in [0.1, 0.15) is 24.1 Å². The first kappa shape index (κ1) is 27.8. The maximum Gasteiger partial charge on any atom is 0.322 e. The first-order chi connectivity index (χ1) is 19.7. The van der Waals surface area contributed by atoms with E-state index in [-0.39, 0.29) is 24.5 Å². The summed E-state index contributed by atoms with van der Waals surface area (Å²) in [5, 5.41) is 3.05. The van der Waals surface area contributed by atoms with Gasteiger partial charge in [0.05, 0.1) is 31.3 Å². The summed E-state index contributed by atoms with van der Waals surface area (Å²) in [6, 6.07) is 22.2. The molecule has 5 rings (SSSR count). The highest BCUT2D eigenvalue weighted by atomic mass is 16.5. The highest BCUT2D eigenvalue weighted by Crippen LogP contribution is 2.45. The van der Waals surface area contributed by atoms with E-state index < -0.39 is 6.04 Å². The smallest absolute Gasteiger partial charge is 0.322 e. The van der Waals surface area contributed by atoms with E-state index >= 15 is 0 Å². The van der Waals surface area contributed by atoms with Gasteiger partial charge >= 0.3 is 6.03 Å².